The van der Waals surface area contributed by atoms with E-state index in [2.05, 4.69) is 109 Å². The summed E-state index contributed by atoms with van der Waals surface area (Å²) in [7, 11) is -2.36. The second-order valence-corrected chi connectivity index (χ2v) is 11.5. The molecule has 0 aliphatic carbocycles. The Bertz CT molecular complexity index is 1430. The number of rotatable bonds is 4. The molecule has 3 heteroatoms. The van der Waals surface area contributed by atoms with Crippen molar-refractivity contribution in [1.29, 1.82) is 0 Å². The van der Waals surface area contributed by atoms with Crippen LogP contribution in [-0.4, -0.2) is 0 Å². The molecule has 0 radical (unpaired) electrons. The lowest BCUT2D eigenvalue weighted by Crippen LogP contribution is -2.25. The predicted molar refractivity (Wildman–Crippen MR) is 151 cm³/mol. The second kappa shape index (κ2) is 10.6. The van der Waals surface area contributed by atoms with Crippen molar-refractivity contribution in [3.05, 3.63) is 156 Å². The van der Waals surface area contributed by atoms with E-state index in [4.69, 9.17) is 16.3 Å². The van der Waals surface area contributed by atoms with E-state index in [0.29, 0.717) is 5.02 Å². The van der Waals surface area contributed by atoms with Gasteiger partial charge in [-0.15, -0.1) is 0 Å². The average molecular weight is 488 g/mol. The maximum absolute atomic E-state index is 6.04. The van der Waals surface area contributed by atoms with Gasteiger partial charge in [0.25, 0.3) is 0 Å². The van der Waals surface area contributed by atoms with Gasteiger partial charge in [-0.05, 0) is 36.4 Å². The van der Waals surface area contributed by atoms with Gasteiger partial charge in [-0.1, -0.05) is 127 Å². The highest BCUT2D eigenvalue weighted by atomic mass is 35.5. The van der Waals surface area contributed by atoms with E-state index in [1.165, 1.54) is 15.9 Å². The topological polar surface area (TPSA) is 12.4 Å². The van der Waals surface area contributed by atoms with Crippen LogP contribution in [0.25, 0.3) is 0 Å². The molecular formula is C32H23ClNP. The van der Waals surface area contributed by atoms with Gasteiger partial charge in [0.1, 0.15) is 0 Å². The maximum Gasteiger partial charge on any atom is 0.0781 e. The molecule has 1 nitrogen and oxygen atoms in total. The molecular weight excluding hydrogens is 465 g/mol. The fourth-order valence-electron chi connectivity index (χ4n) is 4.05. The molecule has 168 valence electrons. The Balaban J connectivity index is 1.79. The molecule has 0 N–H and O–H groups in total. The molecule has 5 aromatic rings. The van der Waals surface area contributed by atoms with Crippen LogP contribution in [-0.2, 0) is 0 Å². The van der Waals surface area contributed by atoms with Gasteiger partial charge in [-0.25, -0.2) is 0 Å². The van der Waals surface area contributed by atoms with Crippen LogP contribution >= 0.6 is 18.7 Å². The van der Waals surface area contributed by atoms with E-state index in [1.54, 1.807) is 0 Å². The molecule has 0 heterocycles. The van der Waals surface area contributed by atoms with E-state index < -0.39 is 7.05 Å². The first-order valence-electron chi connectivity index (χ1n) is 11.4. The molecule has 0 unspecified atom stereocenters. The van der Waals surface area contributed by atoms with Crippen molar-refractivity contribution >= 4 is 40.3 Å². The first kappa shape index (κ1) is 22.9. The highest BCUT2D eigenvalue weighted by Gasteiger charge is 2.27. The lowest BCUT2D eigenvalue weighted by Gasteiger charge is -2.27. The van der Waals surface area contributed by atoms with E-state index in [9.17, 15) is 0 Å². The monoisotopic (exact) mass is 487 g/mol. The minimum Gasteiger partial charge on any atom is -0.253 e. The van der Waals surface area contributed by atoms with Crippen molar-refractivity contribution in [2.45, 2.75) is 0 Å². The number of benzene rings is 5. The summed E-state index contributed by atoms with van der Waals surface area (Å²) in [5.74, 6) is 6.63. The Morgan fingerprint density at radius 1 is 0.486 bits per heavy atom. The van der Waals surface area contributed by atoms with Crippen LogP contribution in [0.2, 0.25) is 5.02 Å². The van der Waals surface area contributed by atoms with Crippen molar-refractivity contribution in [2.24, 2.45) is 4.74 Å². The summed E-state index contributed by atoms with van der Waals surface area (Å²) in [6, 6.07) is 47.6. The van der Waals surface area contributed by atoms with Crippen molar-refractivity contribution < 1.29 is 0 Å². The Kier molecular flexibility index (Phi) is 6.97. The van der Waals surface area contributed by atoms with Crippen molar-refractivity contribution in [1.82, 2.24) is 0 Å². The number of hydrogen-bond acceptors (Lipinski definition) is 1. The zero-order valence-corrected chi connectivity index (χ0v) is 20.7. The molecule has 35 heavy (non-hydrogen) atoms. The zero-order chi connectivity index (χ0) is 23.9. The molecule has 0 spiro atoms. The Morgan fingerprint density at radius 2 is 0.943 bits per heavy atom. The van der Waals surface area contributed by atoms with E-state index in [-0.39, 0.29) is 0 Å². The Labute approximate surface area is 212 Å². The van der Waals surface area contributed by atoms with Gasteiger partial charge in [0, 0.05) is 26.5 Å². The summed E-state index contributed by atoms with van der Waals surface area (Å²) in [5.41, 5.74) is 2.70. The molecule has 0 atom stereocenters. The molecule has 5 rings (SSSR count). The number of hydrogen-bond donors (Lipinski definition) is 0. The molecule has 5 aromatic carbocycles. The third-order valence-corrected chi connectivity index (χ3v) is 9.64. The van der Waals surface area contributed by atoms with Gasteiger partial charge < -0.3 is 0 Å². The summed E-state index contributed by atoms with van der Waals surface area (Å²) in [5, 5.41) is 4.32. The quantitative estimate of drug-likeness (QED) is 0.183. The van der Waals surface area contributed by atoms with E-state index in [1.807, 2.05) is 42.5 Å². The summed E-state index contributed by atoms with van der Waals surface area (Å²) < 4.78 is 5.61. The normalized spacial score (nSPS) is 10.8. The smallest absolute Gasteiger partial charge is 0.0781 e. The molecule has 0 bridgehead atoms. The minimum absolute atomic E-state index is 0.703. The zero-order valence-electron chi connectivity index (χ0n) is 19.1. The summed E-state index contributed by atoms with van der Waals surface area (Å²) >= 11 is 6.04. The third-order valence-electron chi connectivity index (χ3n) is 5.74. The largest absolute Gasteiger partial charge is 0.253 e. The molecule has 0 saturated carbocycles. The van der Waals surface area contributed by atoms with Crippen LogP contribution in [0.3, 0.4) is 0 Å². The van der Waals surface area contributed by atoms with Crippen LogP contribution in [0.4, 0.5) is 5.69 Å². The highest BCUT2D eigenvalue weighted by Crippen LogP contribution is 2.49. The highest BCUT2D eigenvalue weighted by molar-refractivity contribution is 7.87. The molecule has 0 fully saturated rings. The van der Waals surface area contributed by atoms with Gasteiger partial charge >= 0.3 is 0 Å². The molecule has 0 aliphatic rings. The van der Waals surface area contributed by atoms with Crippen LogP contribution in [0, 0.1) is 11.8 Å². The van der Waals surface area contributed by atoms with Gasteiger partial charge in [-0.3, -0.25) is 4.74 Å². The third kappa shape index (κ3) is 5.01. The first-order chi connectivity index (χ1) is 17.3. The minimum atomic E-state index is -2.36. The van der Waals surface area contributed by atoms with Crippen molar-refractivity contribution in [3.8, 4) is 11.8 Å². The lowest BCUT2D eigenvalue weighted by atomic mass is 10.1. The van der Waals surface area contributed by atoms with E-state index in [0.717, 1.165) is 16.8 Å². The fourth-order valence-corrected chi connectivity index (χ4v) is 7.73. The molecule has 0 saturated heterocycles. The van der Waals surface area contributed by atoms with Gasteiger partial charge in [0.05, 0.1) is 18.3 Å². The van der Waals surface area contributed by atoms with Crippen LogP contribution < -0.4 is 15.9 Å². The van der Waals surface area contributed by atoms with E-state index >= 15 is 0 Å². The Hall–Kier alpha value is -3.82. The summed E-state index contributed by atoms with van der Waals surface area (Å²) in [6.07, 6.45) is 0. The summed E-state index contributed by atoms with van der Waals surface area (Å²) in [6.45, 7) is 0. The van der Waals surface area contributed by atoms with Gasteiger partial charge in [0.2, 0.25) is 0 Å². The number of nitrogens with zero attached hydrogens (tertiary/aromatic N) is 1. The second-order valence-electron chi connectivity index (χ2n) is 8.02. The molecule has 0 aromatic heterocycles. The Morgan fingerprint density at radius 3 is 1.46 bits per heavy atom. The van der Waals surface area contributed by atoms with Gasteiger partial charge in [-0.2, -0.15) is 0 Å². The average Bonchev–Trinajstić information content (AvgIpc) is 2.93. The first-order valence-corrected chi connectivity index (χ1v) is 13.5. The molecule has 0 amide bonds. The summed E-state index contributed by atoms with van der Waals surface area (Å²) in [4.78, 5) is 0. The maximum atomic E-state index is 6.04. The lowest BCUT2D eigenvalue weighted by molar-refractivity contribution is 1.51. The standard InChI is InChI=1S/C32H23ClNP/c33-28-24-21-26(22-25-28)20-23-27-12-10-11-19-32(27)34-35(29-13-4-1-5-14-29,30-15-6-2-7-16-30)31-17-8-3-9-18-31/h1-19,21-22,24-25H. The molecule has 0 aliphatic heterocycles. The number of halogens is 1. The van der Waals surface area contributed by atoms with Crippen molar-refractivity contribution in [2.75, 3.05) is 0 Å². The van der Waals surface area contributed by atoms with Crippen LogP contribution in [0.5, 0.6) is 0 Å². The van der Waals surface area contributed by atoms with Crippen molar-refractivity contribution in [3.63, 3.8) is 0 Å². The SMILES string of the molecule is Clc1ccc(C#Cc2ccccc2N=P(c2ccccc2)(c2ccccc2)c2ccccc2)cc1. The van der Waals surface area contributed by atoms with Crippen LogP contribution in [0.15, 0.2) is 144 Å². The predicted octanol–water partition coefficient (Wildman–Crippen LogP) is 7.55. The van der Waals surface area contributed by atoms with Crippen LogP contribution in [0.1, 0.15) is 11.1 Å². The van der Waals surface area contributed by atoms with Gasteiger partial charge in [0.15, 0.2) is 0 Å². The fraction of sp³-hybridized carbons (Fsp3) is 0.